The van der Waals surface area contributed by atoms with Crippen molar-refractivity contribution in [3.63, 3.8) is 0 Å². The average molecular weight is 466 g/mol. The number of rotatable bonds is 12. The first-order valence-corrected chi connectivity index (χ1v) is 12.0. The molecule has 0 saturated carbocycles. The van der Waals surface area contributed by atoms with Gasteiger partial charge >= 0.3 is 0 Å². The van der Waals surface area contributed by atoms with Crippen molar-refractivity contribution in [2.75, 3.05) is 27.4 Å². The molecule has 0 aliphatic rings. The predicted octanol–water partition coefficient (Wildman–Crippen LogP) is 4.90. The molecule has 0 fully saturated rings. The predicted molar refractivity (Wildman–Crippen MR) is 135 cm³/mol. The van der Waals surface area contributed by atoms with Crippen LogP contribution in [0.5, 0.6) is 5.75 Å². The van der Waals surface area contributed by atoms with E-state index in [4.69, 9.17) is 14.5 Å². The molecule has 0 aliphatic carbocycles. The van der Waals surface area contributed by atoms with E-state index in [-0.39, 0.29) is 17.5 Å². The Balaban J connectivity index is 2.24. The second-order valence-corrected chi connectivity index (χ2v) is 8.26. The molecular formula is C27H35N3O4. The van der Waals surface area contributed by atoms with E-state index in [9.17, 15) is 9.59 Å². The Hall–Kier alpha value is -3.19. The maximum Gasteiger partial charge on any atom is 0.266 e. The van der Waals surface area contributed by atoms with Crippen LogP contribution in [0.3, 0.4) is 0 Å². The first-order valence-electron chi connectivity index (χ1n) is 12.0. The molecule has 0 spiro atoms. The molecule has 0 radical (unpaired) electrons. The highest BCUT2D eigenvalue weighted by Gasteiger charge is 2.29. The van der Waals surface area contributed by atoms with Gasteiger partial charge in [-0.05, 0) is 43.5 Å². The fourth-order valence-electron chi connectivity index (χ4n) is 4.27. The molecule has 0 N–H and O–H groups in total. The number of aromatic nitrogens is 2. The van der Waals surface area contributed by atoms with Gasteiger partial charge in [-0.25, -0.2) is 4.98 Å². The van der Waals surface area contributed by atoms with Crippen molar-refractivity contribution in [1.82, 2.24) is 14.5 Å². The molecule has 0 saturated heterocycles. The summed E-state index contributed by atoms with van der Waals surface area (Å²) in [5.74, 6) is 1.18. The van der Waals surface area contributed by atoms with Crippen LogP contribution in [0, 0.1) is 0 Å². The summed E-state index contributed by atoms with van der Waals surface area (Å²) in [6.45, 7) is 5.18. The number of amides is 1. The third-order valence-electron chi connectivity index (χ3n) is 6.00. The Labute approximate surface area is 201 Å². The first kappa shape index (κ1) is 25.4. The smallest absolute Gasteiger partial charge is 0.266 e. The Morgan fingerprint density at radius 2 is 1.79 bits per heavy atom. The van der Waals surface area contributed by atoms with Crippen molar-refractivity contribution in [3.8, 4) is 11.4 Å². The van der Waals surface area contributed by atoms with Crippen molar-refractivity contribution in [2.24, 2.45) is 0 Å². The largest absolute Gasteiger partial charge is 0.495 e. The standard InChI is InChI=1S/C27H35N3O4/c1-5-7-17-25(31)29(18-12-19-33-3)22(6-2)26-28-21-14-9-8-13-20(21)27(32)30(26)23-15-10-11-16-24(23)34-4/h8-11,13-16,22H,5-7,12,17-19H2,1-4H3. The number of fused-ring (bicyclic) bond motifs is 1. The van der Waals surface area contributed by atoms with Gasteiger partial charge in [-0.15, -0.1) is 0 Å². The van der Waals surface area contributed by atoms with Crippen molar-refractivity contribution in [2.45, 2.75) is 52.0 Å². The van der Waals surface area contributed by atoms with Gasteiger partial charge in [0, 0.05) is 26.7 Å². The number of ether oxygens (including phenoxy) is 2. The topological polar surface area (TPSA) is 73.7 Å². The third-order valence-corrected chi connectivity index (χ3v) is 6.00. The molecule has 7 heteroatoms. The molecule has 1 heterocycles. The molecule has 3 aromatic rings. The molecule has 0 aliphatic heterocycles. The van der Waals surface area contributed by atoms with Crippen LogP contribution in [0.1, 0.15) is 57.8 Å². The normalized spacial score (nSPS) is 12.0. The van der Waals surface area contributed by atoms with E-state index < -0.39 is 0 Å². The van der Waals surface area contributed by atoms with Crippen LogP contribution in [0.2, 0.25) is 0 Å². The van der Waals surface area contributed by atoms with Crippen LogP contribution >= 0.6 is 0 Å². The summed E-state index contributed by atoms with van der Waals surface area (Å²) in [4.78, 5) is 34.0. The van der Waals surface area contributed by atoms with Gasteiger partial charge in [-0.1, -0.05) is 44.5 Å². The van der Waals surface area contributed by atoms with Crippen LogP contribution in [-0.4, -0.2) is 47.7 Å². The van der Waals surface area contributed by atoms with Gasteiger partial charge in [0.1, 0.15) is 11.6 Å². The lowest BCUT2D eigenvalue weighted by atomic mass is 10.1. The van der Waals surface area contributed by atoms with Crippen LogP contribution in [0.4, 0.5) is 0 Å². The van der Waals surface area contributed by atoms with E-state index in [1.807, 2.05) is 54.3 Å². The average Bonchev–Trinajstić information content (AvgIpc) is 2.87. The maximum atomic E-state index is 13.8. The summed E-state index contributed by atoms with van der Waals surface area (Å²) in [5.41, 5.74) is 1.05. The van der Waals surface area contributed by atoms with E-state index in [1.54, 1.807) is 24.9 Å². The Morgan fingerprint density at radius 1 is 1.06 bits per heavy atom. The molecule has 182 valence electrons. The van der Waals surface area contributed by atoms with E-state index >= 15 is 0 Å². The minimum absolute atomic E-state index is 0.0683. The van der Waals surface area contributed by atoms with Gasteiger partial charge < -0.3 is 14.4 Å². The lowest BCUT2D eigenvalue weighted by Gasteiger charge is -2.32. The van der Waals surface area contributed by atoms with Crippen LogP contribution in [-0.2, 0) is 9.53 Å². The summed E-state index contributed by atoms with van der Waals surface area (Å²) in [5, 5.41) is 0.523. The van der Waals surface area contributed by atoms with E-state index in [2.05, 4.69) is 6.92 Å². The molecule has 1 amide bonds. The van der Waals surface area contributed by atoms with Crippen molar-refractivity contribution in [1.29, 1.82) is 0 Å². The minimum atomic E-state index is -0.372. The SMILES string of the molecule is CCCCC(=O)N(CCCOC)C(CC)c1nc2ccccc2c(=O)n1-c1ccccc1OC. The second-order valence-electron chi connectivity index (χ2n) is 8.26. The number of carbonyl (C=O) groups is 1. The number of unbranched alkanes of at least 4 members (excludes halogenated alkanes) is 1. The van der Waals surface area contributed by atoms with Gasteiger partial charge in [0.25, 0.3) is 5.56 Å². The molecule has 1 atom stereocenters. The van der Waals surface area contributed by atoms with Crippen molar-refractivity contribution < 1.29 is 14.3 Å². The van der Waals surface area contributed by atoms with E-state index in [1.165, 1.54) is 0 Å². The van der Waals surface area contributed by atoms with Crippen LogP contribution in [0.25, 0.3) is 16.6 Å². The third kappa shape index (κ3) is 5.47. The number of hydrogen-bond acceptors (Lipinski definition) is 5. The molecular weight excluding hydrogens is 430 g/mol. The molecule has 0 bridgehead atoms. The fraction of sp³-hybridized carbons (Fsp3) is 0.444. The van der Waals surface area contributed by atoms with Gasteiger partial charge in [0.05, 0.1) is 29.7 Å². The number of methoxy groups -OCH3 is 2. The van der Waals surface area contributed by atoms with Crippen LogP contribution in [0.15, 0.2) is 53.3 Å². The number of hydrogen-bond donors (Lipinski definition) is 0. The molecule has 2 aromatic carbocycles. The van der Waals surface area contributed by atoms with E-state index in [0.717, 1.165) is 12.8 Å². The molecule has 1 aromatic heterocycles. The quantitative estimate of drug-likeness (QED) is 0.356. The fourth-order valence-corrected chi connectivity index (χ4v) is 4.27. The van der Waals surface area contributed by atoms with Gasteiger partial charge in [0.2, 0.25) is 5.91 Å². The highest BCUT2D eigenvalue weighted by Crippen LogP contribution is 2.30. The van der Waals surface area contributed by atoms with Gasteiger partial charge in [-0.2, -0.15) is 0 Å². The lowest BCUT2D eigenvalue weighted by Crippen LogP contribution is -2.39. The van der Waals surface area contributed by atoms with E-state index in [0.29, 0.717) is 60.6 Å². The Morgan fingerprint density at radius 3 is 2.50 bits per heavy atom. The first-order chi connectivity index (χ1) is 16.6. The number of nitrogens with zero attached hydrogens (tertiary/aromatic N) is 3. The summed E-state index contributed by atoms with van der Waals surface area (Å²) < 4.78 is 12.5. The number of benzene rings is 2. The maximum absolute atomic E-state index is 13.8. The summed E-state index contributed by atoms with van der Waals surface area (Å²) >= 11 is 0. The number of carbonyl (C=O) groups excluding carboxylic acids is 1. The minimum Gasteiger partial charge on any atom is -0.495 e. The Kier molecular flexibility index (Phi) is 9.22. The lowest BCUT2D eigenvalue weighted by molar-refractivity contribution is -0.134. The zero-order valence-corrected chi connectivity index (χ0v) is 20.6. The van der Waals surface area contributed by atoms with Crippen LogP contribution < -0.4 is 10.3 Å². The Bertz CT molecular complexity index is 1160. The highest BCUT2D eigenvalue weighted by molar-refractivity contribution is 5.79. The van der Waals surface area contributed by atoms with Crippen molar-refractivity contribution >= 4 is 16.8 Å². The second kappa shape index (κ2) is 12.3. The number of para-hydroxylation sites is 3. The summed E-state index contributed by atoms with van der Waals surface area (Å²) in [7, 11) is 3.24. The molecule has 7 nitrogen and oxygen atoms in total. The molecule has 34 heavy (non-hydrogen) atoms. The molecule has 3 rings (SSSR count). The van der Waals surface area contributed by atoms with Gasteiger partial charge in [0.15, 0.2) is 0 Å². The van der Waals surface area contributed by atoms with Crippen molar-refractivity contribution in [3.05, 3.63) is 64.7 Å². The molecule has 1 unspecified atom stereocenters. The zero-order chi connectivity index (χ0) is 24.5. The monoisotopic (exact) mass is 465 g/mol. The highest BCUT2D eigenvalue weighted by atomic mass is 16.5. The zero-order valence-electron chi connectivity index (χ0n) is 20.6. The summed E-state index contributed by atoms with van der Waals surface area (Å²) in [6.07, 6.45) is 3.55. The van der Waals surface area contributed by atoms with Gasteiger partial charge in [-0.3, -0.25) is 14.2 Å². The summed E-state index contributed by atoms with van der Waals surface area (Å²) in [6, 6.07) is 14.4.